The van der Waals surface area contributed by atoms with Crippen molar-refractivity contribution in [2.75, 3.05) is 12.4 Å². The molecule has 0 aliphatic rings. The van der Waals surface area contributed by atoms with Crippen LogP contribution in [0, 0.1) is 11.3 Å². The van der Waals surface area contributed by atoms with E-state index in [4.69, 9.17) is 9.15 Å². The molecule has 0 spiro atoms. The van der Waals surface area contributed by atoms with Gasteiger partial charge in [0, 0.05) is 11.9 Å². The van der Waals surface area contributed by atoms with Crippen molar-refractivity contribution in [3.05, 3.63) is 65.9 Å². The minimum Gasteiger partial charge on any atom is -0.497 e. The number of methoxy groups -OCH3 is 1. The Balaban J connectivity index is 1.75. The molecule has 0 radical (unpaired) electrons. The lowest BCUT2D eigenvalue weighted by Gasteiger charge is -2.08. The van der Waals surface area contributed by atoms with Crippen LogP contribution in [0.1, 0.15) is 11.1 Å². The molecule has 0 saturated carbocycles. The lowest BCUT2D eigenvalue weighted by molar-refractivity contribution is 0.414. The number of hydrogen-bond acceptors (Lipinski definition) is 5. The molecular weight excluding hydrogens is 314 g/mol. The Bertz CT molecular complexity index is 1090. The van der Waals surface area contributed by atoms with Crippen molar-refractivity contribution >= 4 is 27.8 Å². The van der Waals surface area contributed by atoms with E-state index in [-0.39, 0.29) is 0 Å². The molecule has 0 amide bonds. The lowest BCUT2D eigenvalue weighted by Crippen LogP contribution is -2.02. The van der Waals surface area contributed by atoms with Gasteiger partial charge < -0.3 is 14.5 Å². The number of anilines is 1. The predicted octanol–water partition coefficient (Wildman–Crippen LogP) is 4.47. The van der Waals surface area contributed by atoms with E-state index in [0.29, 0.717) is 23.5 Å². The molecule has 4 aromatic rings. The number of nitrogens with one attached hydrogen (secondary N) is 1. The standard InChI is InChI=1S/C20H15N3O2/c1-24-15-8-6-13(7-9-15)11-22-20-18-16-4-2-3-5-17(16)25-19(18)14(10-21)12-23-20/h2-9,12H,11H2,1H3,(H,22,23). The summed E-state index contributed by atoms with van der Waals surface area (Å²) in [6, 6.07) is 17.7. The number of furan rings is 1. The van der Waals surface area contributed by atoms with Crippen LogP contribution in [0.2, 0.25) is 0 Å². The molecule has 1 N–H and O–H groups in total. The van der Waals surface area contributed by atoms with Gasteiger partial charge in [-0.3, -0.25) is 0 Å². The second-order valence-electron chi connectivity index (χ2n) is 5.64. The first-order valence-electron chi connectivity index (χ1n) is 7.87. The van der Waals surface area contributed by atoms with E-state index in [1.807, 2.05) is 48.5 Å². The van der Waals surface area contributed by atoms with Gasteiger partial charge in [-0.05, 0) is 23.8 Å². The van der Waals surface area contributed by atoms with Gasteiger partial charge >= 0.3 is 0 Å². The van der Waals surface area contributed by atoms with Gasteiger partial charge in [-0.2, -0.15) is 5.26 Å². The zero-order valence-corrected chi connectivity index (χ0v) is 13.6. The molecule has 122 valence electrons. The van der Waals surface area contributed by atoms with Crippen LogP contribution in [0.25, 0.3) is 21.9 Å². The Labute approximate surface area is 144 Å². The highest BCUT2D eigenvalue weighted by Crippen LogP contribution is 2.34. The summed E-state index contributed by atoms with van der Waals surface area (Å²) in [5, 5.41) is 14.5. The number of rotatable bonds is 4. The van der Waals surface area contributed by atoms with Crippen molar-refractivity contribution in [3.63, 3.8) is 0 Å². The van der Waals surface area contributed by atoms with Crippen LogP contribution in [0.5, 0.6) is 5.75 Å². The molecule has 0 unspecified atom stereocenters. The largest absolute Gasteiger partial charge is 0.497 e. The molecule has 5 heteroatoms. The summed E-state index contributed by atoms with van der Waals surface area (Å²) in [5.74, 6) is 1.53. The molecular formula is C20H15N3O2. The maximum absolute atomic E-state index is 9.33. The molecule has 2 aromatic heterocycles. The third-order valence-corrected chi connectivity index (χ3v) is 4.14. The molecule has 4 rings (SSSR count). The van der Waals surface area contributed by atoms with Crippen LogP contribution in [0.4, 0.5) is 5.82 Å². The van der Waals surface area contributed by atoms with E-state index in [2.05, 4.69) is 16.4 Å². The SMILES string of the molecule is COc1ccc(CNc2ncc(C#N)c3oc4ccccc4c23)cc1. The fourth-order valence-electron chi connectivity index (χ4n) is 2.87. The van der Waals surface area contributed by atoms with Gasteiger partial charge in [-0.15, -0.1) is 0 Å². The molecule has 5 nitrogen and oxygen atoms in total. The summed E-state index contributed by atoms with van der Waals surface area (Å²) < 4.78 is 11.1. The first kappa shape index (κ1) is 15.0. The minimum atomic E-state index is 0.432. The second kappa shape index (κ2) is 6.17. The van der Waals surface area contributed by atoms with E-state index < -0.39 is 0 Å². The molecule has 0 aliphatic heterocycles. The fourth-order valence-corrected chi connectivity index (χ4v) is 2.87. The molecule has 0 fully saturated rings. The zero-order chi connectivity index (χ0) is 17.2. The van der Waals surface area contributed by atoms with Crippen molar-refractivity contribution < 1.29 is 9.15 Å². The average Bonchev–Trinajstić information content (AvgIpc) is 3.06. The number of para-hydroxylation sites is 1. The second-order valence-corrected chi connectivity index (χ2v) is 5.64. The monoisotopic (exact) mass is 329 g/mol. The molecule has 2 heterocycles. The van der Waals surface area contributed by atoms with Gasteiger partial charge in [0.25, 0.3) is 0 Å². The highest BCUT2D eigenvalue weighted by molar-refractivity contribution is 6.11. The maximum Gasteiger partial charge on any atom is 0.158 e. The summed E-state index contributed by atoms with van der Waals surface area (Å²) in [6.45, 7) is 0.609. The average molecular weight is 329 g/mol. The highest BCUT2D eigenvalue weighted by Gasteiger charge is 2.15. The molecule has 2 aromatic carbocycles. The number of nitrogens with zero attached hydrogens (tertiary/aromatic N) is 2. The minimum absolute atomic E-state index is 0.432. The molecule has 0 saturated heterocycles. The quantitative estimate of drug-likeness (QED) is 0.598. The maximum atomic E-state index is 9.33. The van der Waals surface area contributed by atoms with Crippen LogP contribution < -0.4 is 10.1 Å². The number of pyridine rings is 1. The third kappa shape index (κ3) is 2.64. The number of ether oxygens (including phenoxy) is 1. The molecule has 0 aliphatic carbocycles. The van der Waals surface area contributed by atoms with Crippen molar-refractivity contribution in [2.24, 2.45) is 0 Å². The van der Waals surface area contributed by atoms with E-state index in [0.717, 1.165) is 27.7 Å². The molecule has 0 bridgehead atoms. The number of nitriles is 1. The van der Waals surface area contributed by atoms with Crippen molar-refractivity contribution in [1.82, 2.24) is 4.98 Å². The lowest BCUT2D eigenvalue weighted by atomic mass is 10.1. The Morgan fingerprint density at radius 1 is 1.16 bits per heavy atom. The van der Waals surface area contributed by atoms with Crippen LogP contribution in [-0.4, -0.2) is 12.1 Å². The normalized spacial score (nSPS) is 10.7. The van der Waals surface area contributed by atoms with Crippen molar-refractivity contribution in [2.45, 2.75) is 6.54 Å². The Kier molecular flexibility index (Phi) is 3.71. The van der Waals surface area contributed by atoms with Crippen LogP contribution in [-0.2, 0) is 6.54 Å². The van der Waals surface area contributed by atoms with E-state index in [1.54, 1.807) is 13.3 Å². The van der Waals surface area contributed by atoms with Gasteiger partial charge in [0.05, 0.1) is 18.7 Å². The van der Waals surface area contributed by atoms with Crippen LogP contribution in [0.3, 0.4) is 0 Å². The Morgan fingerprint density at radius 2 is 1.96 bits per heavy atom. The molecule has 25 heavy (non-hydrogen) atoms. The predicted molar refractivity (Wildman–Crippen MR) is 96.6 cm³/mol. The summed E-state index contributed by atoms with van der Waals surface area (Å²) in [6.07, 6.45) is 1.54. The number of fused-ring (bicyclic) bond motifs is 3. The van der Waals surface area contributed by atoms with Gasteiger partial charge in [-0.25, -0.2) is 4.98 Å². The van der Waals surface area contributed by atoms with E-state index >= 15 is 0 Å². The summed E-state index contributed by atoms with van der Waals surface area (Å²) >= 11 is 0. The summed E-state index contributed by atoms with van der Waals surface area (Å²) in [5.41, 5.74) is 2.85. The van der Waals surface area contributed by atoms with E-state index in [9.17, 15) is 5.26 Å². The Morgan fingerprint density at radius 3 is 2.72 bits per heavy atom. The van der Waals surface area contributed by atoms with Gasteiger partial charge in [0.1, 0.15) is 28.8 Å². The number of benzene rings is 2. The fraction of sp³-hybridized carbons (Fsp3) is 0.100. The van der Waals surface area contributed by atoms with Gasteiger partial charge in [0.15, 0.2) is 5.58 Å². The summed E-state index contributed by atoms with van der Waals surface area (Å²) in [7, 11) is 1.65. The number of hydrogen-bond donors (Lipinski definition) is 1. The van der Waals surface area contributed by atoms with Gasteiger partial charge in [-0.1, -0.05) is 30.3 Å². The first-order valence-corrected chi connectivity index (χ1v) is 7.87. The van der Waals surface area contributed by atoms with Crippen molar-refractivity contribution in [3.8, 4) is 11.8 Å². The first-order chi connectivity index (χ1) is 12.3. The van der Waals surface area contributed by atoms with Gasteiger partial charge in [0.2, 0.25) is 0 Å². The number of aromatic nitrogens is 1. The smallest absolute Gasteiger partial charge is 0.158 e. The third-order valence-electron chi connectivity index (χ3n) is 4.14. The molecule has 0 atom stereocenters. The topological polar surface area (TPSA) is 71.1 Å². The van der Waals surface area contributed by atoms with Crippen LogP contribution >= 0.6 is 0 Å². The summed E-state index contributed by atoms with van der Waals surface area (Å²) in [4.78, 5) is 4.43. The Hall–Kier alpha value is -3.52. The van der Waals surface area contributed by atoms with E-state index in [1.165, 1.54) is 0 Å². The van der Waals surface area contributed by atoms with Crippen molar-refractivity contribution in [1.29, 1.82) is 5.26 Å². The highest BCUT2D eigenvalue weighted by atomic mass is 16.5. The zero-order valence-electron chi connectivity index (χ0n) is 13.6. The van der Waals surface area contributed by atoms with Crippen LogP contribution in [0.15, 0.2) is 59.1 Å².